The molecule has 2 aromatic rings. The van der Waals surface area contributed by atoms with E-state index in [9.17, 15) is 18.0 Å². The largest absolute Gasteiger partial charge is 0.416 e. The molecule has 1 aliphatic rings. The third-order valence-corrected chi connectivity index (χ3v) is 4.26. The highest BCUT2D eigenvalue weighted by Crippen LogP contribution is 2.33. The van der Waals surface area contributed by atoms with Gasteiger partial charge in [-0.05, 0) is 18.2 Å². The van der Waals surface area contributed by atoms with Gasteiger partial charge in [-0.1, -0.05) is 11.6 Å². The van der Waals surface area contributed by atoms with Gasteiger partial charge in [0.1, 0.15) is 0 Å². The number of rotatable bonds is 3. The molecule has 1 aliphatic heterocycles. The molecule has 1 saturated heterocycles. The van der Waals surface area contributed by atoms with E-state index in [2.05, 4.69) is 15.2 Å². The smallest absolute Gasteiger partial charge is 0.378 e. The van der Waals surface area contributed by atoms with Gasteiger partial charge in [0.25, 0.3) is 5.69 Å². The first-order chi connectivity index (χ1) is 12.3. The van der Waals surface area contributed by atoms with Gasteiger partial charge in [-0.2, -0.15) is 13.2 Å². The van der Waals surface area contributed by atoms with E-state index in [4.69, 9.17) is 16.3 Å². The van der Waals surface area contributed by atoms with Crippen LogP contribution in [-0.4, -0.2) is 32.2 Å². The van der Waals surface area contributed by atoms with Crippen LogP contribution in [0.4, 0.5) is 24.5 Å². The molecule has 138 valence electrons. The average Bonchev–Trinajstić information content (AvgIpc) is 2.63. The van der Waals surface area contributed by atoms with Crippen molar-refractivity contribution in [3.63, 3.8) is 0 Å². The number of halogens is 4. The van der Waals surface area contributed by atoms with Gasteiger partial charge < -0.3 is 15.0 Å². The number of aromatic amines is 1. The fourth-order valence-electron chi connectivity index (χ4n) is 2.59. The van der Waals surface area contributed by atoms with Crippen molar-refractivity contribution in [3.8, 4) is 0 Å². The summed E-state index contributed by atoms with van der Waals surface area (Å²) in [4.78, 5) is 17.3. The second-order valence-electron chi connectivity index (χ2n) is 5.71. The van der Waals surface area contributed by atoms with Crippen molar-refractivity contribution in [3.05, 3.63) is 52.8 Å². The summed E-state index contributed by atoms with van der Waals surface area (Å²) < 4.78 is 43.4. The lowest BCUT2D eigenvalue weighted by Gasteiger charge is -2.28. The molecule has 0 saturated carbocycles. The van der Waals surface area contributed by atoms with Crippen molar-refractivity contribution in [2.45, 2.75) is 6.18 Å². The van der Waals surface area contributed by atoms with E-state index in [-0.39, 0.29) is 16.4 Å². The number of amides is 1. The molecule has 1 aromatic carbocycles. The highest BCUT2D eigenvalue weighted by atomic mass is 35.5. The number of nitrogens with one attached hydrogen (secondary N) is 2. The molecule has 2 N–H and O–H groups in total. The molecule has 0 spiro atoms. The van der Waals surface area contributed by atoms with Gasteiger partial charge in [0.05, 0.1) is 29.5 Å². The third kappa shape index (κ3) is 4.25. The van der Waals surface area contributed by atoms with E-state index in [1.54, 1.807) is 12.3 Å². The quantitative estimate of drug-likeness (QED) is 0.881. The summed E-state index contributed by atoms with van der Waals surface area (Å²) in [5, 5.41) is 2.34. The molecule has 0 atom stereocenters. The van der Waals surface area contributed by atoms with Crippen molar-refractivity contribution < 1.29 is 27.7 Å². The van der Waals surface area contributed by atoms with Gasteiger partial charge in [-0.3, -0.25) is 4.79 Å². The Bertz CT molecular complexity index is 808. The molecule has 1 aromatic heterocycles. The molecular weight excluding hydrogens is 371 g/mol. The number of benzene rings is 1. The van der Waals surface area contributed by atoms with Gasteiger partial charge >= 0.3 is 12.1 Å². The van der Waals surface area contributed by atoms with Crippen LogP contribution in [0.3, 0.4) is 0 Å². The number of carbonyl (C=O) groups is 1. The fraction of sp³-hybridized carbons (Fsp3) is 0.294. The Morgan fingerprint density at radius 1 is 1.19 bits per heavy atom. The lowest BCUT2D eigenvalue weighted by atomic mass is 10.2. The van der Waals surface area contributed by atoms with Crippen LogP contribution in [0.1, 0.15) is 16.1 Å². The Kier molecular flexibility index (Phi) is 5.33. The Labute approximate surface area is 152 Å². The zero-order chi connectivity index (χ0) is 18.7. The van der Waals surface area contributed by atoms with Crippen LogP contribution >= 0.6 is 11.6 Å². The number of nitrogens with zero attached hydrogens (tertiary/aromatic N) is 1. The zero-order valence-electron chi connectivity index (χ0n) is 13.6. The normalized spacial score (nSPS) is 15.0. The minimum absolute atomic E-state index is 0.106. The van der Waals surface area contributed by atoms with Crippen LogP contribution in [0.2, 0.25) is 5.02 Å². The first-order valence-electron chi connectivity index (χ1n) is 7.87. The molecule has 1 fully saturated rings. The standard InChI is InChI=1S/C17H15ClF3N3O2/c18-13-9-11(17(19,20)21)1-2-14(13)23-16(25)15-10-12(3-4-22-15)24-5-7-26-8-6-24/h1-4,9-10H,5-8H2,(H,23,25)/p+1. The topological polar surface area (TPSA) is 55.7 Å². The molecule has 3 rings (SSSR count). The molecule has 0 unspecified atom stereocenters. The van der Waals surface area contributed by atoms with E-state index in [0.29, 0.717) is 13.2 Å². The number of pyridine rings is 1. The molecule has 0 radical (unpaired) electrons. The van der Waals surface area contributed by atoms with Gasteiger partial charge in [0.2, 0.25) is 0 Å². The second-order valence-corrected chi connectivity index (χ2v) is 6.11. The monoisotopic (exact) mass is 386 g/mol. The van der Waals surface area contributed by atoms with E-state index in [0.717, 1.165) is 37.0 Å². The van der Waals surface area contributed by atoms with Gasteiger partial charge in [-0.15, -0.1) is 0 Å². The highest BCUT2D eigenvalue weighted by molar-refractivity contribution is 6.34. The minimum atomic E-state index is -4.49. The van der Waals surface area contributed by atoms with Crippen LogP contribution in [0.15, 0.2) is 36.5 Å². The first kappa shape index (κ1) is 18.5. The van der Waals surface area contributed by atoms with Gasteiger partial charge in [0.15, 0.2) is 6.20 Å². The summed E-state index contributed by atoms with van der Waals surface area (Å²) in [6, 6.07) is 6.31. The van der Waals surface area contributed by atoms with Crippen LogP contribution in [-0.2, 0) is 10.9 Å². The second kappa shape index (κ2) is 7.51. The number of morpholine rings is 1. The van der Waals surface area contributed by atoms with Gasteiger partial charge in [-0.25, -0.2) is 4.98 Å². The molecule has 0 bridgehead atoms. The maximum absolute atomic E-state index is 12.7. The molecule has 2 heterocycles. The van der Waals surface area contributed by atoms with Crippen molar-refractivity contribution in [2.24, 2.45) is 0 Å². The van der Waals surface area contributed by atoms with Crippen molar-refractivity contribution >= 4 is 28.9 Å². The minimum Gasteiger partial charge on any atom is -0.378 e. The van der Waals surface area contributed by atoms with E-state index >= 15 is 0 Å². The number of H-pyrrole nitrogens is 1. The number of hydrogen-bond donors (Lipinski definition) is 1. The highest BCUT2D eigenvalue weighted by Gasteiger charge is 2.31. The SMILES string of the molecule is O=C(Nc1ccc(C(F)(F)F)cc1Cl)c1cc(N2CCOCC2)cc[nH+]1. The number of ether oxygens (including phenoxy) is 1. The Morgan fingerprint density at radius 2 is 1.92 bits per heavy atom. The van der Waals surface area contributed by atoms with Crippen molar-refractivity contribution in [1.29, 1.82) is 0 Å². The first-order valence-corrected chi connectivity index (χ1v) is 8.25. The summed E-state index contributed by atoms with van der Waals surface area (Å²) in [5.41, 5.74) is 0.358. The molecule has 26 heavy (non-hydrogen) atoms. The lowest BCUT2D eigenvalue weighted by molar-refractivity contribution is -0.381. The summed E-state index contributed by atoms with van der Waals surface area (Å²) in [5.74, 6) is -0.498. The summed E-state index contributed by atoms with van der Waals surface area (Å²) >= 11 is 5.87. The number of carbonyl (C=O) groups excluding carboxylic acids is 1. The average molecular weight is 387 g/mol. The van der Waals surface area contributed by atoms with E-state index < -0.39 is 17.6 Å². The van der Waals surface area contributed by atoms with E-state index in [1.165, 1.54) is 0 Å². The van der Waals surface area contributed by atoms with Crippen LogP contribution in [0, 0.1) is 0 Å². The number of hydrogen-bond acceptors (Lipinski definition) is 3. The predicted octanol–water partition coefficient (Wildman–Crippen LogP) is 3.26. The fourth-order valence-corrected chi connectivity index (χ4v) is 2.81. The number of aromatic nitrogens is 1. The Balaban J connectivity index is 1.76. The maximum Gasteiger partial charge on any atom is 0.416 e. The Morgan fingerprint density at radius 3 is 2.58 bits per heavy atom. The molecule has 0 aliphatic carbocycles. The van der Waals surface area contributed by atoms with Crippen molar-refractivity contribution in [2.75, 3.05) is 36.5 Å². The van der Waals surface area contributed by atoms with Crippen molar-refractivity contribution in [1.82, 2.24) is 0 Å². The molecule has 9 heteroatoms. The predicted molar refractivity (Wildman–Crippen MR) is 90.4 cm³/mol. The third-order valence-electron chi connectivity index (χ3n) is 3.95. The van der Waals surface area contributed by atoms with E-state index in [1.807, 2.05) is 6.07 Å². The lowest BCUT2D eigenvalue weighted by Crippen LogP contribution is -2.36. The number of anilines is 2. The summed E-state index contributed by atoms with van der Waals surface area (Å²) in [6.45, 7) is 2.66. The van der Waals surface area contributed by atoms with Crippen LogP contribution in [0.5, 0.6) is 0 Å². The van der Waals surface area contributed by atoms with Gasteiger partial charge in [0, 0.05) is 30.9 Å². The number of alkyl halides is 3. The summed E-state index contributed by atoms with van der Waals surface area (Å²) in [6.07, 6.45) is -2.86. The van der Waals surface area contributed by atoms with Crippen LogP contribution < -0.4 is 15.2 Å². The summed E-state index contributed by atoms with van der Waals surface area (Å²) in [7, 11) is 0. The van der Waals surface area contributed by atoms with Crippen LogP contribution in [0.25, 0.3) is 0 Å². The molecule has 1 amide bonds. The Hall–Kier alpha value is -2.32. The maximum atomic E-state index is 12.7. The molecular formula is C17H16ClF3N3O2+. The zero-order valence-corrected chi connectivity index (χ0v) is 14.3. The molecule has 5 nitrogen and oxygen atoms in total.